The molecular weight excluding hydrogens is 321 g/mol. The van der Waals surface area contributed by atoms with Gasteiger partial charge in [0.25, 0.3) is 5.56 Å². The van der Waals surface area contributed by atoms with Crippen molar-refractivity contribution in [2.75, 3.05) is 5.43 Å². The Balaban J connectivity index is 1.93. The molecule has 0 saturated carbocycles. The zero-order valence-corrected chi connectivity index (χ0v) is 12.9. The van der Waals surface area contributed by atoms with Gasteiger partial charge < -0.3 is 0 Å². The van der Waals surface area contributed by atoms with Crippen molar-refractivity contribution in [3.63, 3.8) is 0 Å². The van der Waals surface area contributed by atoms with Crippen LogP contribution in [0.4, 0.5) is 10.3 Å². The number of H-pyrrole nitrogens is 1. The van der Waals surface area contributed by atoms with Crippen LogP contribution in [0.2, 0.25) is 0 Å². The van der Waals surface area contributed by atoms with E-state index in [1.165, 1.54) is 12.3 Å². The molecule has 0 amide bonds. The van der Waals surface area contributed by atoms with E-state index in [4.69, 9.17) is 0 Å². The minimum absolute atomic E-state index is 0.0513. The van der Waals surface area contributed by atoms with Crippen molar-refractivity contribution < 1.29 is 4.39 Å². The van der Waals surface area contributed by atoms with Crippen LogP contribution in [0.1, 0.15) is 11.1 Å². The lowest BCUT2D eigenvalue weighted by Crippen LogP contribution is -2.16. The second-order valence-electron chi connectivity index (χ2n) is 5.01. The topological polar surface area (TPSA) is 93.9 Å². The Kier molecular flexibility index (Phi) is 4.62. The normalized spacial score (nSPS) is 10.6. The molecule has 7 heteroatoms. The number of benzene rings is 2. The third-order valence-electron chi connectivity index (χ3n) is 3.36. The predicted molar refractivity (Wildman–Crippen MR) is 92.6 cm³/mol. The number of halogens is 1. The van der Waals surface area contributed by atoms with Crippen molar-refractivity contribution in [3.8, 4) is 17.3 Å². The lowest BCUT2D eigenvalue weighted by Gasteiger charge is -2.06. The molecule has 0 radical (unpaired) electrons. The van der Waals surface area contributed by atoms with E-state index in [1.807, 2.05) is 12.1 Å². The minimum atomic E-state index is -0.583. The Morgan fingerprint density at radius 3 is 2.60 bits per heavy atom. The van der Waals surface area contributed by atoms with Crippen LogP contribution in [0.25, 0.3) is 11.3 Å². The van der Waals surface area contributed by atoms with Gasteiger partial charge in [0.05, 0.1) is 11.9 Å². The van der Waals surface area contributed by atoms with Gasteiger partial charge in [-0.25, -0.2) is 14.8 Å². The number of hydrazone groups is 1. The van der Waals surface area contributed by atoms with Crippen LogP contribution in [-0.2, 0) is 0 Å². The van der Waals surface area contributed by atoms with E-state index in [1.54, 1.807) is 42.5 Å². The van der Waals surface area contributed by atoms with Gasteiger partial charge in [0.1, 0.15) is 17.4 Å². The van der Waals surface area contributed by atoms with Gasteiger partial charge in [-0.05, 0) is 6.07 Å². The molecule has 2 aromatic carbocycles. The molecule has 0 unspecified atom stereocenters. The molecule has 122 valence electrons. The molecule has 0 aliphatic carbocycles. The summed E-state index contributed by atoms with van der Waals surface area (Å²) in [7, 11) is 0. The van der Waals surface area contributed by atoms with Crippen LogP contribution < -0.4 is 11.0 Å². The van der Waals surface area contributed by atoms with Crippen molar-refractivity contribution in [2.24, 2.45) is 5.10 Å². The molecule has 2 N–H and O–H groups in total. The molecule has 0 bridgehead atoms. The monoisotopic (exact) mass is 333 g/mol. The van der Waals surface area contributed by atoms with E-state index < -0.39 is 11.4 Å². The van der Waals surface area contributed by atoms with Gasteiger partial charge in [0.2, 0.25) is 5.95 Å². The summed E-state index contributed by atoms with van der Waals surface area (Å²) in [4.78, 5) is 18.7. The molecule has 0 saturated heterocycles. The van der Waals surface area contributed by atoms with Gasteiger partial charge in [0.15, 0.2) is 0 Å². The highest BCUT2D eigenvalue weighted by Gasteiger charge is 2.12. The standard InChI is InChI=1S/C18H12FN5O/c19-15-9-5-4-8-13(15)11-21-24-18-22-16(12-6-2-1-3-7-12)14(10-20)17(25)23-18/h1-9,11H,(H2,22,23,24,25). The van der Waals surface area contributed by atoms with Crippen LogP contribution in [0.5, 0.6) is 0 Å². The Labute approximate surface area is 142 Å². The van der Waals surface area contributed by atoms with Gasteiger partial charge in [-0.3, -0.25) is 9.78 Å². The van der Waals surface area contributed by atoms with E-state index in [-0.39, 0.29) is 22.8 Å². The minimum Gasteiger partial charge on any atom is -0.290 e. The first-order chi connectivity index (χ1) is 12.2. The zero-order valence-electron chi connectivity index (χ0n) is 12.9. The third-order valence-corrected chi connectivity index (χ3v) is 3.36. The number of hydrogen-bond donors (Lipinski definition) is 2. The maximum atomic E-state index is 13.5. The van der Waals surface area contributed by atoms with Gasteiger partial charge >= 0.3 is 0 Å². The summed E-state index contributed by atoms with van der Waals surface area (Å²) in [5, 5.41) is 13.1. The highest BCUT2D eigenvalue weighted by Crippen LogP contribution is 2.19. The first kappa shape index (κ1) is 16.1. The van der Waals surface area contributed by atoms with Gasteiger partial charge in [-0.1, -0.05) is 48.5 Å². The molecule has 3 rings (SSSR count). The molecule has 3 aromatic rings. The van der Waals surface area contributed by atoms with Gasteiger partial charge in [-0.2, -0.15) is 10.4 Å². The van der Waals surface area contributed by atoms with Crippen molar-refractivity contribution >= 4 is 12.2 Å². The molecule has 0 atom stereocenters. The average molecular weight is 333 g/mol. The Bertz CT molecular complexity index is 1020. The second kappa shape index (κ2) is 7.19. The van der Waals surface area contributed by atoms with Crippen LogP contribution in [0.15, 0.2) is 64.5 Å². The van der Waals surface area contributed by atoms with Crippen LogP contribution >= 0.6 is 0 Å². The maximum Gasteiger partial charge on any atom is 0.270 e. The molecule has 1 aromatic heterocycles. The van der Waals surface area contributed by atoms with Crippen molar-refractivity contribution in [3.05, 3.63) is 81.9 Å². The van der Waals surface area contributed by atoms with E-state index in [2.05, 4.69) is 20.5 Å². The lowest BCUT2D eigenvalue weighted by molar-refractivity contribution is 0.626. The number of nitriles is 1. The molecule has 0 fully saturated rings. The van der Waals surface area contributed by atoms with E-state index in [0.29, 0.717) is 5.56 Å². The fourth-order valence-electron chi connectivity index (χ4n) is 2.18. The number of nitrogens with zero attached hydrogens (tertiary/aromatic N) is 3. The lowest BCUT2D eigenvalue weighted by atomic mass is 10.1. The SMILES string of the molecule is N#Cc1c(-c2ccccc2)nc(NN=Cc2ccccc2F)[nH]c1=O. The third kappa shape index (κ3) is 3.59. The van der Waals surface area contributed by atoms with E-state index in [0.717, 1.165) is 0 Å². The maximum absolute atomic E-state index is 13.5. The van der Waals surface area contributed by atoms with Crippen molar-refractivity contribution in [1.29, 1.82) is 5.26 Å². The number of aromatic nitrogens is 2. The Hall–Kier alpha value is -3.79. The van der Waals surface area contributed by atoms with E-state index in [9.17, 15) is 14.4 Å². The zero-order chi connectivity index (χ0) is 17.6. The molecule has 0 spiro atoms. The fraction of sp³-hybridized carbons (Fsp3) is 0. The summed E-state index contributed by atoms with van der Waals surface area (Å²) in [5.74, 6) is -0.366. The predicted octanol–water partition coefficient (Wildman–Crippen LogP) is 2.89. The largest absolute Gasteiger partial charge is 0.290 e. The number of hydrogen-bond acceptors (Lipinski definition) is 5. The van der Waals surface area contributed by atoms with Crippen LogP contribution in [0.3, 0.4) is 0 Å². The number of anilines is 1. The number of nitrogens with one attached hydrogen (secondary N) is 2. The Morgan fingerprint density at radius 1 is 1.16 bits per heavy atom. The fourth-order valence-corrected chi connectivity index (χ4v) is 2.18. The second-order valence-corrected chi connectivity index (χ2v) is 5.01. The quantitative estimate of drug-likeness (QED) is 0.567. The van der Waals surface area contributed by atoms with Crippen LogP contribution in [0, 0.1) is 17.1 Å². The Morgan fingerprint density at radius 2 is 1.88 bits per heavy atom. The summed E-state index contributed by atoms with van der Waals surface area (Å²) >= 11 is 0. The summed E-state index contributed by atoms with van der Waals surface area (Å²) < 4.78 is 13.5. The molecule has 0 aliphatic heterocycles. The van der Waals surface area contributed by atoms with E-state index >= 15 is 0 Å². The number of rotatable bonds is 4. The molecule has 1 heterocycles. The molecule has 25 heavy (non-hydrogen) atoms. The molecule has 6 nitrogen and oxygen atoms in total. The first-order valence-corrected chi connectivity index (χ1v) is 7.32. The highest BCUT2D eigenvalue weighted by molar-refractivity contribution is 5.80. The summed E-state index contributed by atoms with van der Waals surface area (Å²) in [6.45, 7) is 0. The summed E-state index contributed by atoms with van der Waals surface area (Å²) in [5.41, 5.74) is 3.04. The summed E-state index contributed by atoms with van der Waals surface area (Å²) in [6, 6.07) is 16.9. The number of aromatic amines is 1. The van der Waals surface area contributed by atoms with Crippen LogP contribution in [-0.4, -0.2) is 16.2 Å². The van der Waals surface area contributed by atoms with Crippen molar-refractivity contribution in [1.82, 2.24) is 9.97 Å². The van der Waals surface area contributed by atoms with Gasteiger partial charge in [0, 0.05) is 11.1 Å². The first-order valence-electron chi connectivity index (χ1n) is 7.32. The van der Waals surface area contributed by atoms with Gasteiger partial charge in [-0.15, -0.1) is 0 Å². The smallest absolute Gasteiger partial charge is 0.270 e. The molecule has 0 aliphatic rings. The summed E-state index contributed by atoms with van der Waals surface area (Å²) in [6.07, 6.45) is 1.27. The molecular formula is C18H12FN5O. The highest BCUT2D eigenvalue weighted by atomic mass is 19.1. The van der Waals surface area contributed by atoms with Crippen molar-refractivity contribution in [2.45, 2.75) is 0 Å². The average Bonchev–Trinajstić information content (AvgIpc) is 2.63.